The normalized spacial score (nSPS) is 10.1. The Kier molecular flexibility index (Phi) is 6.23. The number of anilines is 1. The molecule has 0 aliphatic heterocycles. The van der Waals surface area contributed by atoms with Crippen molar-refractivity contribution in [2.75, 3.05) is 20.0 Å². The predicted octanol–water partition coefficient (Wildman–Crippen LogP) is 4.38. The lowest BCUT2D eigenvalue weighted by Gasteiger charge is -2.15. The van der Waals surface area contributed by atoms with Gasteiger partial charge in [-0.3, -0.25) is 0 Å². The van der Waals surface area contributed by atoms with E-state index in [2.05, 4.69) is 17.1 Å². The van der Waals surface area contributed by atoms with Crippen molar-refractivity contribution in [3.05, 3.63) is 65.2 Å². The number of rotatable bonds is 6. The summed E-state index contributed by atoms with van der Waals surface area (Å²) in [6.07, 6.45) is 0. The van der Waals surface area contributed by atoms with Crippen LogP contribution in [0.25, 0.3) is 11.1 Å². The minimum atomic E-state index is 0.0897. The number of ether oxygens (including phenoxy) is 2. The molecule has 2 aromatic carbocycles. The molecule has 1 heterocycles. The van der Waals surface area contributed by atoms with Gasteiger partial charge in [-0.05, 0) is 23.3 Å². The lowest BCUT2D eigenvalue weighted by atomic mass is 9.96. The van der Waals surface area contributed by atoms with Gasteiger partial charge in [-0.25, -0.2) is 4.98 Å². The zero-order valence-corrected chi connectivity index (χ0v) is 16.8. The standard InChI is InChI=1S/C22H18N4O2S/c1-27-18-9-8-15(10-19(18)28-2)20-16(11-23)21(25)26-22(17(20)12-24)29-13-14-6-4-3-5-7-14/h3-10H,13H2,1-2H3,(H2,25,26). The van der Waals surface area contributed by atoms with Crippen LogP contribution in [0, 0.1) is 22.7 Å². The number of hydrogen-bond donors (Lipinski definition) is 1. The molecule has 144 valence electrons. The second-order valence-corrected chi connectivity index (χ2v) is 6.96. The fourth-order valence-electron chi connectivity index (χ4n) is 2.91. The number of benzene rings is 2. The van der Waals surface area contributed by atoms with Gasteiger partial charge in [-0.1, -0.05) is 36.4 Å². The van der Waals surface area contributed by atoms with Gasteiger partial charge in [-0.15, -0.1) is 11.8 Å². The lowest BCUT2D eigenvalue weighted by molar-refractivity contribution is 0.355. The van der Waals surface area contributed by atoms with Gasteiger partial charge in [0.25, 0.3) is 0 Å². The van der Waals surface area contributed by atoms with E-state index in [4.69, 9.17) is 15.2 Å². The molecule has 0 saturated carbocycles. The number of pyridine rings is 1. The average Bonchev–Trinajstić information content (AvgIpc) is 2.77. The number of hydrogen-bond acceptors (Lipinski definition) is 7. The molecular weight excluding hydrogens is 384 g/mol. The highest BCUT2D eigenvalue weighted by atomic mass is 32.2. The first-order chi connectivity index (χ1) is 14.1. The second kappa shape index (κ2) is 9.01. The van der Waals surface area contributed by atoms with Gasteiger partial charge in [0, 0.05) is 11.3 Å². The third-order valence-corrected chi connectivity index (χ3v) is 5.35. The van der Waals surface area contributed by atoms with Crippen molar-refractivity contribution in [1.82, 2.24) is 4.98 Å². The zero-order valence-electron chi connectivity index (χ0n) is 16.0. The highest BCUT2D eigenvalue weighted by molar-refractivity contribution is 7.98. The molecule has 0 radical (unpaired) electrons. The van der Waals surface area contributed by atoms with Crippen molar-refractivity contribution >= 4 is 17.6 Å². The van der Waals surface area contributed by atoms with Crippen LogP contribution in [0.5, 0.6) is 11.5 Å². The summed E-state index contributed by atoms with van der Waals surface area (Å²) in [7, 11) is 3.07. The van der Waals surface area contributed by atoms with E-state index in [1.165, 1.54) is 18.9 Å². The van der Waals surface area contributed by atoms with E-state index in [1.807, 2.05) is 30.3 Å². The minimum absolute atomic E-state index is 0.0897. The van der Waals surface area contributed by atoms with Crippen LogP contribution in [0.4, 0.5) is 5.82 Å². The molecule has 0 amide bonds. The summed E-state index contributed by atoms with van der Waals surface area (Å²) in [5, 5.41) is 20.0. The molecule has 3 rings (SSSR count). The van der Waals surface area contributed by atoms with Crippen LogP contribution in [-0.2, 0) is 5.75 Å². The Hall–Kier alpha value is -3.68. The van der Waals surface area contributed by atoms with Crippen molar-refractivity contribution in [2.45, 2.75) is 10.8 Å². The number of nitrogens with zero attached hydrogens (tertiary/aromatic N) is 3. The molecule has 0 bridgehead atoms. The number of nitrogen functional groups attached to an aromatic ring is 1. The highest BCUT2D eigenvalue weighted by Crippen LogP contribution is 2.39. The molecule has 0 unspecified atom stereocenters. The molecule has 1 aromatic heterocycles. The van der Waals surface area contributed by atoms with Crippen LogP contribution in [0.1, 0.15) is 16.7 Å². The SMILES string of the molecule is COc1ccc(-c2c(C#N)c(N)nc(SCc3ccccc3)c2C#N)cc1OC. The highest BCUT2D eigenvalue weighted by Gasteiger charge is 2.21. The summed E-state index contributed by atoms with van der Waals surface area (Å²) in [6.45, 7) is 0. The summed E-state index contributed by atoms with van der Waals surface area (Å²) in [4.78, 5) is 4.33. The summed E-state index contributed by atoms with van der Waals surface area (Å²) < 4.78 is 10.6. The molecule has 6 nitrogen and oxygen atoms in total. The molecule has 0 saturated heterocycles. The van der Waals surface area contributed by atoms with Gasteiger partial charge in [-0.2, -0.15) is 10.5 Å². The van der Waals surface area contributed by atoms with E-state index in [1.54, 1.807) is 25.3 Å². The van der Waals surface area contributed by atoms with E-state index in [9.17, 15) is 10.5 Å². The Morgan fingerprint density at radius 3 is 2.28 bits per heavy atom. The van der Waals surface area contributed by atoms with E-state index in [0.717, 1.165) is 5.56 Å². The van der Waals surface area contributed by atoms with Crippen molar-refractivity contribution in [3.8, 4) is 34.8 Å². The first-order valence-electron chi connectivity index (χ1n) is 8.65. The van der Waals surface area contributed by atoms with Gasteiger partial charge in [0.15, 0.2) is 11.5 Å². The number of methoxy groups -OCH3 is 2. The van der Waals surface area contributed by atoms with Gasteiger partial charge in [0.05, 0.1) is 19.8 Å². The molecule has 0 spiro atoms. The molecule has 0 aliphatic carbocycles. The average molecular weight is 402 g/mol. The smallest absolute Gasteiger partial charge is 0.161 e. The Morgan fingerprint density at radius 2 is 1.66 bits per heavy atom. The maximum atomic E-state index is 9.89. The number of nitrogens with two attached hydrogens (primary N) is 1. The number of thioether (sulfide) groups is 1. The molecule has 29 heavy (non-hydrogen) atoms. The van der Waals surface area contributed by atoms with Crippen molar-refractivity contribution in [1.29, 1.82) is 10.5 Å². The molecule has 3 aromatic rings. The fourth-order valence-corrected chi connectivity index (χ4v) is 3.86. The van der Waals surface area contributed by atoms with E-state index >= 15 is 0 Å². The van der Waals surface area contributed by atoms with Gasteiger partial charge < -0.3 is 15.2 Å². The largest absolute Gasteiger partial charge is 0.493 e. The van der Waals surface area contributed by atoms with Gasteiger partial charge in [0.1, 0.15) is 28.5 Å². The Bertz CT molecular complexity index is 1120. The van der Waals surface area contributed by atoms with Gasteiger partial charge >= 0.3 is 0 Å². The summed E-state index contributed by atoms with van der Waals surface area (Å²) >= 11 is 1.41. The molecule has 0 atom stereocenters. The second-order valence-electron chi connectivity index (χ2n) is 5.99. The monoisotopic (exact) mass is 402 g/mol. The van der Waals surface area contributed by atoms with Crippen LogP contribution in [0.15, 0.2) is 53.6 Å². The predicted molar refractivity (Wildman–Crippen MR) is 113 cm³/mol. The van der Waals surface area contributed by atoms with Crippen molar-refractivity contribution < 1.29 is 9.47 Å². The minimum Gasteiger partial charge on any atom is -0.493 e. The third kappa shape index (κ3) is 4.11. The molecular formula is C22H18N4O2S. The summed E-state index contributed by atoms with van der Waals surface area (Å²) in [6, 6.07) is 19.4. The Balaban J connectivity index is 2.14. The molecule has 0 fully saturated rings. The topological polar surface area (TPSA) is 105 Å². The Morgan fingerprint density at radius 1 is 0.966 bits per heavy atom. The van der Waals surface area contributed by atoms with Crippen molar-refractivity contribution in [3.63, 3.8) is 0 Å². The first kappa shape index (κ1) is 20.1. The van der Waals surface area contributed by atoms with Crippen LogP contribution < -0.4 is 15.2 Å². The Labute approximate surface area is 173 Å². The van der Waals surface area contributed by atoms with Crippen LogP contribution in [0.3, 0.4) is 0 Å². The maximum Gasteiger partial charge on any atom is 0.161 e. The summed E-state index contributed by atoms with van der Waals surface area (Å²) in [5.74, 6) is 1.76. The summed E-state index contributed by atoms with van der Waals surface area (Å²) in [5.41, 5.74) is 8.72. The van der Waals surface area contributed by atoms with Crippen molar-refractivity contribution in [2.24, 2.45) is 0 Å². The first-order valence-corrected chi connectivity index (χ1v) is 9.64. The third-order valence-electron chi connectivity index (χ3n) is 4.31. The van der Waals surface area contributed by atoms with Gasteiger partial charge in [0.2, 0.25) is 0 Å². The quantitative estimate of drug-likeness (QED) is 0.610. The van der Waals surface area contributed by atoms with E-state index < -0.39 is 0 Å². The van der Waals surface area contributed by atoms with Crippen LogP contribution in [0.2, 0.25) is 0 Å². The van der Waals surface area contributed by atoms with Crippen LogP contribution in [-0.4, -0.2) is 19.2 Å². The maximum absolute atomic E-state index is 9.89. The molecule has 2 N–H and O–H groups in total. The number of nitriles is 2. The lowest BCUT2D eigenvalue weighted by Crippen LogP contribution is -2.03. The van der Waals surface area contributed by atoms with E-state index in [-0.39, 0.29) is 11.4 Å². The molecule has 7 heteroatoms. The molecule has 0 aliphatic rings. The van der Waals surface area contributed by atoms with Crippen LogP contribution >= 0.6 is 11.8 Å². The number of aromatic nitrogens is 1. The van der Waals surface area contributed by atoms with E-state index in [0.29, 0.717) is 39.0 Å². The zero-order chi connectivity index (χ0) is 20.8. The fraction of sp³-hybridized carbons (Fsp3) is 0.136.